The minimum Gasteiger partial charge on any atom is -0.361 e. The minimum absolute atomic E-state index is 0.217. The maximum Gasteiger partial charge on any atom is 0.241 e. The van der Waals surface area contributed by atoms with Crippen LogP contribution in [0, 0.1) is 0 Å². The SMILES string of the molecule is C[C@H](N)C(=O)Nc1cccnc1N(C)C. The molecule has 0 aliphatic heterocycles. The number of nitrogens with two attached hydrogens (primary N) is 1. The number of amides is 1. The molecule has 1 rings (SSSR count). The molecule has 1 heterocycles. The number of anilines is 2. The summed E-state index contributed by atoms with van der Waals surface area (Å²) in [6, 6.07) is 3.03. The predicted molar refractivity (Wildman–Crippen MR) is 60.8 cm³/mol. The predicted octanol–water partition coefficient (Wildman–Crippen LogP) is 0.433. The topological polar surface area (TPSA) is 71.2 Å². The van der Waals surface area contributed by atoms with Crippen molar-refractivity contribution in [3.05, 3.63) is 18.3 Å². The van der Waals surface area contributed by atoms with Gasteiger partial charge in [0, 0.05) is 20.3 Å². The van der Waals surface area contributed by atoms with E-state index in [1.54, 1.807) is 25.3 Å². The number of hydrogen-bond donors (Lipinski definition) is 2. The summed E-state index contributed by atoms with van der Waals surface area (Å²) in [5.41, 5.74) is 6.14. The van der Waals surface area contributed by atoms with E-state index in [4.69, 9.17) is 5.73 Å². The van der Waals surface area contributed by atoms with Crippen LogP contribution in [0.25, 0.3) is 0 Å². The third-order valence-electron chi connectivity index (χ3n) is 1.88. The Kier molecular flexibility index (Phi) is 3.62. The van der Waals surface area contributed by atoms with E-state index in [9.17, 15) is 4.79 Å². The van der Waals surface area contributed by atoms with E-state index >= 15 is 0 Å². The van der Waals surface area contributed by atoms with Gasteiger partial charge in [-0.1, -0.05) is 0 Å². The second-order valence-electron chi connectivity index (χ2n) is 3.55. The Bertz CT molecular complexity index is 349. The molecule has 82 valence electrons. The van der Waals surface area contributed by atoms with Crippen LogP contribution in [0.1, 0.15) is 6.92 Å². The summed E-state index contributed by atoms with van der Waals surface area (Å²) < 4.78 is 0. The first-order chi connectivity index (χ1) is 7.02. The van der Waals surface area contributed by atoms with Crippen molar-refractivity contribution in [3.63, 3.8) is 0 Å². The molecule has 0 bridgehead atoms. The Labute approximate surface area is 89.3 Å². The lowest BCUT2D eigenvalue weighted by molar-refractivity contribution is -0.117. The normalized spacial score (nSPS) is 12.0. The standard InChI is InChI=1S/C10H16N4O/c1-7(11)10(15)13-8-5-4-6-12-9(8)14(2)3/h4-7H,11H2,1-3H3,(H,13,15)/t7-/m0/s1. The molecule has 0 spiro atoms. The molecule has 0 radical (unpaired) electrons. The first kappa shape index (κ1) is 11.5. The lowest BCUT2D eigenvalue weighted by Crippen LogP contribution is -2.33. The van der Waals surface area contributed by atoms with Gasteiger partial charge < -0.3 is 16.0 Å². The number of rotatable bonds is 3. The zero-order valence-corrected chi connectivity index (χ0v) is 9.19. The summed E-state index contributed by atoms with van der Waals surface area (Å²) in [5, 5.41) is 2.72. The average Bonchev–Trinajstić information content (AvgIpc) is 2.18. The Balaban J connectivity index is 2.89. The van der Waals surface area contributed by atoms with Crippen LogP contribution in [0.2, 0.25) is 0 Å². The van der Waals surface area contributed by atoms with E-state index in [1.165, 1.54) is 0 Å². The third-order valence-corrected chi connectivity index (χ3v) is 1.88. The molecule has 1 aromatic heterocycles. The number of carbonyl (C=O) groups excluding carboxylic acids is 1. The third kappa shape index (κ3) is 2.92. The van der Waals surface area contributed by atoms with Gasteiger partial charge in [0.05, 0.1) is 11.7 Å². The lowest BCUT2D eigenvalue weighted by Gasteiger charge is -2.16. The van der Waals surface area contributed by atoms with Gasteiger partial charge in [-0.05, 0) is 19.1 Å². The molecule has 0 saturated carbocycles. The van der Waals surface area contributed by atoms with Gasteiger partial charge in [-0.15, -0.1) is 0 Å². The molecular weight excluding hydrogens is 192 g/mol. The second-order valence-corrected chi connectivity index (χ2v) is 3.55. The van der Waals surface area contributed by atoms with Crippen molar-refractivity contribution in [1.29, 1.82) is 0 Å². The Morgan fingerprint density at radius 2 is 2.27 bits per heavy atom. The lowest BCUT2D eigenvalue weighted by atomic mass is 10.3. The number of hydrogen-bond acceptors (Lipinski definition) is 4. The molecule has 0 saturated heterocycles. The van der Waals surface area contributed by atoms with Crippen LogP contribution in [-0.2, 0) is 4.79 Å². The van der Waals surface area contributed by atoms with Crippen molar-refractivity contribution in [1.82, 2.24) is 4.98 Å². The fourth-order valence-corrected chi connectivity index (χ4v) is 1.10. The van der Waals surface area contributed by atoms with E-state index in [-0.39, 0.29) is 5.91 Å². The van der Waals surface area contributed by atoms with Crippen molar-refractivity contribution in [3.8, 4) is 0 Å². The van der Waals surface area contributed by atoms with E-state index in [0.29, 0.717) is 11.5 Å². The van der Waals surface area contributed by atoms with E-state index in [2.05, 4.69) is 10.3 Å². The number of aromatic nitrogens is 1. The fraction of sp³-hybridized carbons (Fsp3) is 0.400. The van der Waals surface area contributed by atoms with Gasteiger partial charge >= 0.3 is 0 Å². The first-order valence-corrected chi connectivity index (χ1v) is 4.71. The Morgan fingerprint density at radius 3 is 2.80 bits per heavy atom. The highest BCUT2D eigenvalue weighted by molar-refractivity contribution is 5.96. The van der Waals surface area contributed by atoms with Crippen LogP contribution in [0.5, 0.6) is 0 Å². The molecule has 5 heteroatoms. The molecule has 15 heavy (non-hydrogen) atoms. The van der Waals surface area contributed by atoms with E-state index in [1.807, 2.05) is 19.0 Å². The average molecular weight is 208 g/mol. The van der Waals surface area contributed by atoms with E-state index < -0.39 is 6.04 Å². The molecule has 5 nitrogen and oxygen atoms in total. The maximum absolute atomic E-state index is 11.4. The summed E-state index contributed by atoms with van der Waals surface area (Å²) in [4.78, 5) is 17.4. The van der Waals surface area contributed by atoms with Crippen LogP contribution in [0.4, 0.5) is 11.5 Å². The summed E-state index contributed by atoms with van der Waals surface area (Å²) >= 11 is 0. The number of nitrogens with zero attached hydrogens (tertiary/aromatic N) is 2. The number of nitrogens with one attached hydrogen (secondary N) is 1. The van der Waals surface area contributed by atoms with Crippen LogP contribution in [0.3, 0.4) is 0 Å². The summed E-state index contributed by atoms with van der Waals surface area (Å²) in [6.07, 6.45) is 1.68. The molecule has 1 aromatic rings. The zero-order valence-electron chi connectivity index (χ0n) is 9.19. The molecule has 0 aliphatic rings. The Morgan fingerprint density at radius 1 is 1.60 bits per heavy atom. The van der Waals surface area contributed by atoms with Crippen molar-refractivity contribution < 1.29 is 4.79 Å². The summed E-state index contributed by atoms with van der Waals surface area (Å²) in [5.74, 6) is 0.498. The maximum atomic E-state index is 11.4. The summed E-state index contributed by atoms with van der Waals surface area (Å²) in [6.45, 7) is 1.64. The fourth-order valence-electron chi connectivity index (χ4n) is 1.10. The monoisotopic (exact) mass is 208 g/mol. The van der Waals surface area contributed by atoms with Gasteiger partial charge in [0.15, 0.2) is 5.82 Å². The van der Waals surface area contributed by atoms with Crippen molar-refractivity contribution in [2.45, 2.75) is 13.0 Å². The molecular formula is C10H16N4O. The van der Waals surface area contributed by atoms with Crippen LogP contribution < -0.4 is 16.0 Å². The smallest absolute Gasteiger partial charge is 0.241 e. The van der Waals surface area contributed by atoms with Crippen molar-refractivity contribution >= 4 is 17.4 Å². The molecule has 0 unspecified atom stereocenters. The van der Waals surface area contributed by atoms with Gasteiger partial charge in [-0.25, -0.2) is 4.98 Å². The quantitative estimate of drug-likeness (QED) is 0.755. The zero-order chi connectivity index (χ0) is 11.4. The van der Waals surface area contributed by atoms with Gasteiger partial charge in [0.25, 0.3) is 0 Å². The Hall–Kier alpha value is -1.62. The highest BCUT2D eigenvalue weighted by Crippen LogP contribution is 2.20. The number of carbonyl (C=O) groups is 1. The van der Waals surface area contributed by atoms with Gasteiger partial charge in [-0.2, -0.15) is 0 Å². The molecule has 0 fully saturated rings. The van der Waals surface area contributed by atoms with E-state index in [0.717, 1.165) is 0 Å². The molecule has 0 aromatic carbocycles. The summed E-state index contributed by atoms with van der Waals surface area (Å²) in [7, 11) is 3.73. The highest BCUT2D eigenvalue weighted by Gasteiger charge is 2.11. The first-order valence-electron chi connectivity index (χ1n) is 4.71. The van der Waals surface area contributed by atoms with Crippen molar-refractivity contribution in [2.24, 2.45) is 5.73 Å². The number of pyridine rings is 1. The molecule has 1 atom stereocenters. The van der Waals surface area contributed by atoms with Crippen LogP contribution >= 0.6 is 0 Å². The van der Waals surface area contributed by atoms with Crippen LogP contribution in [0.15, 0.2) is 18.3 Å². The second kappa shape index (κ2) is 4.75. The van der Waals surface area contributed by atoms with Crippen molar-refractivity contribution in [2.75, 3.05) is 24.3 Å². The van der Waals surface area contributed by atoms with Gasteiger partial charge in [0.1, 0.15) is 0 Å². The minimum atomic E-state index is -0.528. The molecule has 3 N–H and O–H groups in total. The van der Waals surface area contributed by atoms with Gasteiger partial charge in [0.2, 0.25) is 5.91 Å². The largest absolute Gasteiger partial charge is 0.361 e. The molecule has 0 aliphatic carbocycles. The van der Waals surface area contributed by atoms with Crippen LogP contribution in [-0.4, -0.2) is 31.0 Å². The highest BCUT2D eigenvalue weighted by atomic mass is 16.2. The van der Waals surface area contributed by atoms with Gasteiger partial charge in [-0.3, -0.25) is 4.79 Å². The molecule has 1 amide bonds.